The molecule has 0 aromatic heterocycles. The number of carbonyl (C=O) groups excluding carboxylic acids is 2. The maximum absolute atomic E-state index is 11.7. The molecule has 0 unspecified atom stereocenters. The summed E-state index contributed by atoms with van der Waals surface area (Å²) in [5.41, 5.74) is -1.07. The molecule has 0 atom stereocenters. The number of alkyl halides is 1. The van der Waals surface area contributed by atoms with Gasteiger partial charge in [0.05, 0.1) is 5.41 Å². The fraction of sp³-hybridized carbons (Fsp3) is 0.846. The van der Waals surface area contributed by atoms with Crippen molar-refractivity contribution in [3.63, 3.8) is 0 Å². The molecule has 112 valence electrons. The monoisotopic (exact) mass is 292 g/mol. The van der Waals surface area contributed by atoms with Gasteiger partial charge in [0.15, 0.2) is 0 Å². The molecule has 0 radical (unpaired) electrons. The lowest BCUT2D eigenvalue weighted by Crippen LogP contribution is -2.39. The SMILES string of the molecule is CC(C)(C)OC(=O)NCCCNC(=O)C(C)(C)CCl. The lowest BCUT2D eigenvalue weighted by Gasteiger charge is -2.21. The molecule has 0 saturated carbocycles. The summed E-state index contributed by atoms with van der Waals surface area (Å²) in [7, 11) is 0. The number of carbonyl (C=O) groups is 2. The van der Waals surface area contributed by atoms with Crippen LogP contribution in [0.2, 0.25) is 0 Å². The van der Waals surface area contributed by atoms with Gasteiger partial charge in [-0.05, 0) is 41.0 Å². The van der Waals surface area contributed by atoms with E-state index in [9.17, 15) is 9.59 Å². The Morgan fingerprint density at radius 3 is 2.05 bits per heavy atom. The number of ether oxygens (including phenoxy) is 1. The van der Waals surface area contributed by atoms with Gasteiger partial charge >= 0.3 is 6.09 Å². The fourth-order valence-electron chi connectivity index (χ4n) is 1.09. The maximum Gasteiger partial charge on any atom is 0.407 e. The quantitative estimate of drug-likeness (QED) is 0.583. The van der Waals surface area contributed by atoms with Crippen LogP contribution in [0.25, 0.3) is 0 Å². The molecule has 2 N–H and O–H groups in total. The Morgan fingerprint density at radius 1 is 1.05 bits per heavy atom. The van der Waals surface area contributed by atoms with Gasteiger partial charge in [-0.2, -0.15) is 0 Å². The Bertz CT molecular complexity index is 312. The zero-order chi connectivity index (χ0) is 15.1. The van der Waals surface area contributed by atoms with Crippen molar-refractivity contribution in [1.82, 2.24) is 10.6 Å². The van der Waals surface area contributed by atoms with Gasteiger partial charge in [0.2, 0.25) is 5.91 Å². The predicted octanol–water partition coefficient (Wildman–Crippen LogP) is 2.28. The van der Waals surface area contributed by atoms with Crippen LogP contribution in [0, 0.1) is 5.41 Å². The smallest absolute Gasteiger partial charge is 0.407 e. The van der Waals surface area contributed by atoms with E-state index in [0.29, 0.717) is 19.5 Å². The van der Waals surface area contributed by atoms with Crippen LogP contribution >= 0.6 is 11.6 Å². The molecular formula is C13H25ClN2O3. The number of rotatable bonds is 6. The molecule has 0 spiro atoms. The van der Waals surface area contributed by atoms with Crippen LogP contribution in [-0.4, -0.2) is 36.6 Å². The van der Waals surface area contributed by atoms with Crippen LogP contribution < -0.4 is 10.6 Å². The Balaban J connectivity index is 3.72. The van der Waals surface area contributed by atoms with E-state index in [1.807, 2.05) is 0 Å². The molecule has 0 rings (SSSR count). The predicted molar refractivity (Wildman–Crippen MR) is 76.4 cm³/mol. The highest BCUT2D eigenvalue weighted by Gasteiger charge is 2.25. The average molecular weight is 293 g/mol. The summed E-state index contributed by atoms with van der Waals surface area (Å²) < 4.78 is 5.08. The molecule has 0 heterocycles. The molecule has 19 heavy (non-hydrogen) atoms. The van der Waals surface area contributed by atoms with E-state index in [2.05, 4.69) is 10.6 Å². The van der Waals surface area contributed by atoms with Crippen molar-refractivity contribution in [3.8, 4) is 0 Å². The standard InChI is InChI=1S/C13H25ClN2O3/c1-12(2,3)19-11(18)16-8-6-7-15-10(17)13(4,5)9-14/h6-9H2,1-5H3,(H,15,17)(H,16,18). The van der Waals surface area contributed by atoms with Crippen LogP contribution in [0.3, 0.4) is 0 Å². The lowest BCUT2D eigenvalue weighted by molar-refractivity contribution is -0.128. The molecular weight excluding hydrogens is 268 g/mol. The average Bonchev–Trinajstić information content (AvgIpc) is 2.25. The second-order valence-electron chi connectivity index (χ2n) is 6.06. The van der Waals surface area contributed by atoms with Crippen LogP contribution in [-0.2, 0) is 9.53 Å². The zero-order valence-corrected chi connectivity index (χ0v) is 13.2. The highest BCUT2D eigenvalue weighted by Crippen LogP contribution is 2.16. The number of hydrogen-bond donors (Lipinski definition) is 2. The normalized spacial score (nSPS) is 11.9. The first-order valence-electron chi connectivity index (χ1n) is 6.39. The molecule has 0 aromatic rings. The van der Waals surface area contributed by atoms with Crippen molar-refractivity contribution in [2.45, 2.75) is 46.6 Å². The van der Waals surface area contributed by atoms with Gasteiger partial charge in [0.25, 0.3) is 0 Å². The van der Waals surface area contributed by atoms with Gasteiger partial charge in [-0.1, -0.05) is 0 Å². The zero-order valence-electron chi connectivity index (χ0n) is 12.4. The Hall–Kier alpha value is -0.970. The third-order valence-electron chi connectivity index (χ3n) is 2.26. The molecule has 2 amide bonds. The summed E-state index contributed by atoms with van der Waals surface area (Å²) in [6.07, 6.45) is 0.198. The van der Waals surface area contributed by atoms with Crippen LogP contribution in [0.4, 0.5) is 4.79 Å². The molecule has 0 aromatic carbocycles. The molecule has 0 bridgehead atoms. The molecule has 0 saturated heterocycles. The highest BCUT2D eigenvalue weighted by atomic mass is 35.5. The lowest BCUT2D eigenvalue weighted by atomic mass is 9.95. The van der Waals surface area contributed by atoms with Crippen LogP contribution in [0.1, 0.15) is 41.0 Å². The van der Waals surface area contributed by atoms with Gasteiger partial charge in [0, 0.05) is 19.0 Å². The minimum atomic E-state index is -0.569. The van der Waals surface area contributed by atoms with E-state index in [1.165, 1.54) is 0 Å². The number of halogens is 1. The van der Waals surface area contributed by atoms with Crippen molar-refractivity contribution in [2.75, 3.05) is 19.0 Å². The Morgan fingerprint density at radius 2 is 1.58 bits per heavy atom. The van der Waals surface area contributed by atoms with Crippen molar-refractivity contribution >= 4 is 23.6 Å². The van der Waals surface area contributed by atoms with E-state index in [4.69, 9.17) is 16.3 Å². The maximum atomic E-state index is 11.7. The summed E-state index contributed by atoms with van der Waals surface area (Å²) in [6.45, 7) is 9.94. The minimum absolute atomic E-state index is 0.0835. The van der Waals surface area contributed by atoms with Crippen molar-refractivity contribution in [3.05, 3.63) is 0 Å². The van der Waals surface area contributed by atoms with Crippen molar-refractivity contribution in [1.29, 1.82) is 0 Å². The second kappa shape index (κ2) is 7.58. The minimum Gasteiger partial charge on any atom is -0.444 e. The van der Waals surface area contributed by atoms with Crippen LogP contribution in [0.15, 0.2) is 0 Å². The summed E-state index contributed by atoms with van der Waals surface area (Å²) in [5, 5.41) is 5.41. The van der Waals surface area contributed by atoms with Gasteiger partial charge in [0.1, 0.15) is 5.60 Å². The Kier molecular flexibility index (Phi) is 7.19. The molecule has 0 aliphatic rings. The van der Waals surface area contributed by atoms with E-state index in [0.717, 1.165) is 0 Å². The third kappa shape index (κ3) is 8.70. The number of nitrogens with one attached hydrogen (secondary N) is 2. The van der Waals surface area contributed by atoms with Crippen molar-refractivity contribution < 1.29 is 14.3 Å². The van der Waals surface area contributed by atoms with E-state index >= 15 is 0 Å². The van der Waals surface area contributed by atoms with Gasteiger partial charge in [-0.3, -0.25) is 4.79 Å². The largest absolute Gasteiger partial charge is 0.444 e. The highest BCUT2D eigenvalue weighted by molar-refractivity contribution is 6.19. The number of hydrogen-bond acceptors (Lipinski definition) is 3. The third-order valence-corrected chi connectivity index (χ3v) is 2.92. The van der Waals surface area contributed by atoms with Gasteiger partial charge < -0.3 is 15.4 Å². The first-order chi connectivity index (χ1) is 8.58. The molecule has 0 aliphatic heterocycles. The summed E-state index contributed by atoms with van der Waals surface area (Å²) in [6, 6.07) is 0. The van der Waals surface area contributed by atoms with Crippen molar-refractivity contribution in [2.24, 2.45) is 5.41 Å². The van der Waals surface area contributed by atoms with E-state index in [-0.39, 0.29) is 11.8 Å². The summed E-state index contributed by atoms with van der Waals surface area (Å²) in [4.78, 5) is 23.0. The summed E-state index contributed by atoms with van der Waals surface area (Å²) in [5.74, 6) is 0.189. The first kappa shape index (κ1) is 18.0. The number of amides is 2. The molecule has 5 nitrogen and oxygen atoms in total. The molecule has 0 aliphatic carbocycles. The molecule has 0 fully saturated rings. The van der Waals surface area contributed by atoms with Crippen LogP contribution in [0.5, 0.6) is 0 Å². The first-order valence-corrected chi connectivity index (χ1v) is 6.93. The Labute approximate surface area is 120 Å². The number of alkyl carbamates (subject to hydrolysis) is 1. The fourth-order valence-corrected chi connectivity index (χ4v) is 1.22. The van der Waals surface area contributed by atoms with E-state index in [1.54, 1.807) is 34.6 Å². The van der Waals surface area contributed by atoms with Gasteiger partial charge in [-0.25, -0.2) is 4.79 Å². The topological polar surface area (TPSA) is 67.4 Å². The van der Waals surface area contributed by atoms with Gasteiger partial charge in [-0.15, -0.1) is 11.6 Å². The summed E-state index contributed by atoms with van der Waals surface area (Å²) >= 11 is 5.70. The second-order valence-corrected chi connectivity index (χ2v) is 6.32. The molecule has 6 heteroatoms. The van der Waals surface area contributed by atoms with E-state index < -0.39 is 17.1 Å².